The molecule has 0 aliphatic carbocycles. The molecule has 0 aliphatic rings. The Balaban J connectivity index is 2.21. The van der Waals surface area contributed by atoms with Crippen LogP contribution in [-0.4, -0.2) is 7.11 Å². The maximum absolute atomic E-state index is 12.8. The Morgan fingerprint density at radius 1 is 1.25 bits per heavy atom. The average molecular weight is 272 g/mol. The molecule has 0 radical (unpaired) electrons. The van der Waals surface area contributed by atoms with Crippen LogP contribution < -0.4 is 15.2 Å². The highest BCUT2D eigenvalue weighted by molar-refractivity contribution is 5.64. The zero-order valence-electron chi connectivity index (χ0n) is 10.9. The van der Waals surface area contributed by atoms with E-state index in [0.29, 0.717) is 22.7 Å². The summed E-state index contributed by atoms with van der Waals surface area (Å²) in [6, 6.07) is 11.0. The van der Waals surface area contributed by atoms with Crippen LogP contribution in [0, 0.1) is 17.1 Å². The molecular weight excluding hydrogens is 259 g/mol. The lowest BCUT2D eigenvalue weighted by Gasteiger charge is -2.13. The van der Waals surface area contributed by atoms with Gasteiger partial charge in [-0.05, 0) is 23.8 Å². The van der Waals surface area contributed by atoms with Crippen molar-refractivity contribution in [1.29, 1.82) is 5.26 Å². The summed E-state index contributed by atoms with van der Waals surface area (Å²) in [4.78, 5) is 0. The van der Waals surface area contributed by atoms with Gasteiger partial charge in [0, 0.05) is 6.07 Å². The van der Waals surface area contributed by atoms with Gasteiger partial charge in [-0.2, -0.15) is 5.26 Å². The fourth-order valence-corrected chi connectivity index (χ4v) is 1.73. The van der Waals surface area contributed by atoms with Crippen molar-refractivity contribution in [3.63, 3.8) is 0 Å². The number of benzene rings is 2. The molecule has 0 saturated heterocycles. The van der Waals surface area contributed by atoms with E-state index in [1.54, 1.807) is 18.2 Å². The molecular formula is C15H13FN2O2. The summed E-state index contributed by atoms with van der Waals surface area (Å²) >= 11 is 0. The number of anilines is 1. The molecule has 2 aromatic carbocycles. The van der Waals surface area contributed by atoms with E-state index in [2.05, 4.69) is 0 Å². The maximum Gasteiger partial charge on any atom is 0.184 e. The second-order valence-corrected chi connectivity index (χ2v) is 4.12. The van der Waals surface area contributed by atoms with E-state index in [1.165, 1.54) is 25.3 Å². The molecule has 2 rings (SSSR count). The van der Waals surface area contributed by atoms with Crippen LogP contribution in [-0.2, 0) is 6.61 Å². The molecule has 0 amide bonds. The van der Waals surface area contributed by atoms with E-state index >= 15 is 0 Å². The van der Waals surface area contributed by atoms with Gasteiger partial charge >= 0.3 is 0 Å². The first-order valence-corrected chi connectivity index (χ1v) is 5.89. The molecule has 0 bridgehead atoms. The van der Waals surface area contributed by atoms with Crippen LogP contribution in [0.5, 0.6) is 11.5 Å². The second kappa shape index (κ2) is 5.93. The lowest BCUT2D eigenvalue weighted by molar-refractivity contribution is 0.286. The lowest BCUT2D eigenvalue weighted by atomic mass is 10.2. The van der Waals surface area contributed by atoms with Crippen LogP contribution in [0.25, 0.3) is 0 Å². The third-order valence-corrected chi connectivity index (χ3v) is 2.73. The SMILES string of the molecule is COc1cc(C#N)cc(N)c1OCc1ccc(F)cc1. The van der Waals surface area contributed by atoms with Crippen molar-refractivity contribution >= 4 is 5.69 Å². The van der Waals surface area contributed by atoms with Gasteiger partial charge in [0.2, 0.25) is 0 Å². The van der Waals surface area contributed by atoms with Crippen molar-refractivity contribution < 1.29 is 13.9 Å². The van der Waals surface area contributed by atoms with Gasteiger partial charge in [-0.1, -0.05) is 12.1 Å². The number of methoxy groups -OCH3 is 1. The number of nitrogen functional groups attached to an aromatic ring is 1. The standard InChI is InChI=1S/C15H13FN2O2/c1-19-14-7-11(8-17)6-13(18)15(14)20-9-10-2-4-12(16)5-3-10/h2-7H,9,18H2,1H3. The normalized spacial score (nSPS) is 9.85. The van der Waals surface area contributed by atoms with Gasteiger partial charge < -0.3 is 15.2 Å². The molecule has 20 heavy (non-hydrogen) atoms. The van der Waals surface area contributed by atoms with Gasteiger partial charge in [0.15, 0.2) is 11.5 Å². The van der Waals surface area contributed by atoms with Gasteiger partial charge in [0.25, 0.3) is 0 Å². The minimum absolute atomic E-state index is 0.229. The molecule has 0 fully saturated rings. The van der Waals surface area contributed by atoms with Crippen molar-refractivity contribution in [1.82, 2.24) is 0 Å². The fraction of sp³-hybridized carbons (Fsp3) is 0.133. The smallest absolute Gasteiger partial charge is 0.184 e. The van der Waals surface area contributed by atoms with E-state index in [0.717, 1.165) is 5.56 Å². The molecule has 0 atom stereocenters. The van der Waals surface area contributed by atoms with E-state index in [1.807, 2.05) is 6.07 Å². The van der Waals surface area contributed by atoms with E-state index in [4.69, 9.17) is 20.5 Å². The fourth-order valence-electron chi connectivity index (χ4n) is 1.73. The van der Waals surface area contributed by atoms with Crippen molar-refractivity contribution in [2.24, 2.45) is 0 Å². The zero-order valence-corrected chi connectivity index (χ0v) is 10.9. The molecule has 5 heteroatoms. The Bertz CT molecular complexity index is 648. The van der Waals surface area contributed by atoms with Gasteiger partial charge in [0.1, 0.15) is 12.4 Å². The van der Waals surface area contributed by atoms with Crippen LogP contribution in [0.1, 0.15) is 11.1 Å². The lowest BCUT2D eigenvalue weighted by Crippen LogP contribution is -2.02. The number of ether oxygens (including phenoxy) is 2. The highest BCUT2D eigenvalue weighted by Gasteiger charge is 2.11. The van der Waals surface area contributed by atoms with E-state index < -0.39 is 0 Å². The quantitative estimate of drug-likeness (QED) is 0.869. The molecule has 4 nitrogen and oxygen atoms in total. The maximum atomic E-state index is 12.8. The predicted octanol–water partition coefficient (Wildman–Crippen LogP) is 2.87. The van der Waals surface area contributed by atoms with E-state index in [9.17, 15) is 4.39 Å². The molecule has 0 aliphatic heterocycles. The summed E-state index contributed by atoms with van der Waals surface area (Å²) in [5, 5.41) is 8.87. The molecule has 0 heterocycles. The van der Waals surface area contributed by atoms with Crippen LogP contribution in [0.4, 0.5) is 10.1 Å². The number of nitriles is 1. The molecule has 0 spiro atoms. The Kier molecular flexibility index (Phi) is 4.06. The summed E-state index contributed by atoms with van der Waals surface area (Å²) < 4.78 is 23.6. The summed E-state index contributed by atoms with van der Waals surface area (Å²) in [6.45, 7) is 0.229. The average Bonchev–Trinajstić information content (AvgIpc) is 2.47. The number of nitrogens with two attached hydrogens (primary N) is 1. The second-order valence-electron chi connectivity index (χ2n) is 4.12. The molecule has 2 N–H and O–H groups in total. The largest absolute Gasteiger partial charge is 0.493 e. The van der Waals surface area contributed by atoms with E-state index in [-0.39, 0.29) is 12.4 Å². The summed E-state index contributed by atoms with van der Waals surface area (Å²) in [7, 11) is 1.47. The monoisotopic (exact) mass is 272 g/mol. The third-order valence-electron chi connectivity index (χ3n) is 2.73. The molecule has 0 unspecified atom stereocenters. The van der Waals surface area contributed by atoms with Crippen LogP contribution >= 0.6 is 0 Å². The first-order valence-electron chi connectivity index (χ1n) is 5.89. The Hall–Kier alpha value is -2.74. The van der Waals surface area contributed by atoms with Crippen LogP contribution in [0.3, 0.4) is 0 Å². The minimum atomic E-state index is -0.302. The molecule has 102 valence electrons. The van der Waals surface area contributed by atoms with Crippen LogP contribution in [0.2, 0.25) is 0 Å². The number of rotatable bonds is 4. The number of hydrogen-bond donors (Lipinski definition) is 1. The van der Waals surface area contributed by atoms with Gasteiger partial charge in [-0.25, -0.2) is 4.39 Å². The molecule has 0 aromatic heterocycles. The molecule has 2 aromatic rings. The summed E-state index contributed by atoms with van der Waals surface area (Å²) in [5.74, 6) is 0.462. The van der Waals surface area contributed by atoms with Crippen LogP contribution in [0.15, 0.2) is 36.4 Å². The number of hydrogen-bond acceptors (Lipinski definition) is 4. The van der Waals surface area contributed by atoms with Crippen molar-refractivity contribution in [3.05, 3.63) is 53.3 Å². The summed E-state index contributed by atoms with van der Waals surface area (Å²) in [5.41, 5.74) is 7.37. The highest BCUT2D eigenvalue weighted by Crippen LogP contribution is 2.35. The Labute approximate surface area is 116 Å². The van der Waals surface area contributed by atoms with Crippen molar-refractivity contribution in [2.45, 2.75) is 6.61 Å². The zero-order chi connectivity index (χ0) is 14.5. The summed E-state index contributed by atoms with van der Waals surface area (Å²) in [6.07, 6.45) is 0. The topological polar surface area (TPSA) is 68.3 Å². The minimum Gasteiger partial charge on any atom is -0.493 e. The van der Waals surface area contributed by atoms with Crippen molar-refractivity contribution in [2.75, 3.05) is 12.8 Å². The number of halogens is 1. The van der Waals surface area contributed by atoms with Crippen molar-refractivity contribution in [3.8, 4) is 17.6 Å². The Morgan fingerprint density at radius 2 is 1.95 bits per heavy atom. The van der Waals surface area contributed by atoms with Gasteiger partial charge in [-0.3, -0.25) is 0 Å². The van der Waals surface area contributed by atoms with Gasteiger partial charge in [-0.15, -0.1) is 0 Å². The molecule has 0 saturated carbocycles. The predicted molar refractivity (Wildman–Crippen MR) is 72.9 cm³/mol. The Morgan fingerprint density at radius 3 is 2.55 bits per heavy atom. The third kappa shape index (κ3) is 2.98. The number of nitrogens with zero attached hydrogens (tertiary/aromatic N) is 1. The van der Waals surface area contributed by atoms with Gasteiger partial charge in [0.05, 0.1) is 24.4 Å². The first-order chi connectivity index (χ1) is 9.63. The highest BCUT2D eigenvalue weighted by atomic mass is 19.1. The first kappa shape index (κ1) is 13.7.